The summed E-state index contributed by atoms with van der Waals surface area (Å²) in [5.41, 5.74) is 6.47. The molecule has 0 amide bonds. The minimum Gasteiger partial charge on any atom is -0.382 e. The highest BCUT2D eigenvalue weighted by Gasteiger charge is 2.03. The summed E-state index contributed by atoms with van der Waals surface area (Å²) >= 11 is 5.78. The summed E-state index contributed by atoms with van der Waals surface area (Å²) in [7, 11) is 0. The van der Waals surface area contributed by atoms with Crippen LogP contribution in [0.2, 0.25) is 5.02 Å². The molecule has 2 heterocycles. The third kappa shape index (κ3) is 1.40. The minimum atomic E-state index is 0.241. The van der Waals surface area contributed by atoms with Crippen molar-refractivity contribution in [2.24, 2.45) is 0 Å². The highest BCUT2D eigenvalue weighted by molar-refractivity contribution is 6.33. The summed E-state index contributed by atoms with van der Waals surface area (Å²) in [6.45, 7) is 0. The Morgan fingerprint density at radius 1 is 1.43 bits per heavy atom. The molecule has 14 heavy (non-hydrogen) atoms. The fourth-order valence-electron chi connectivity index (χ4n) is 1.13. The monoisotopic (exact) mass is 207 g/mol. The lowest BCUT2D eigenvalue weighted by molar-refractivity contribution is 0.112. The van der Waals surface area contributed by atoms with Crippen molar-refractivity contribution in [1.82, 2.24) is 9.97 Å². The first-order valence-corrected chi connectivity index (χ1v) is 4.25. The number of nitrogens with two attached hydrogens (primary N) is 1. The zero-order valence-electron chi connectivity index (χ0n) is 7.07. The van der Waals surface area contributed by atoms with Gasteiger partial charge in [-0.15, -0.1) is 0 Å². The van der Waals surface area contributed by atoms with Gasteiger partial charge in [0.15, 0.2) is 11.9 Å². The van der Waals surface area contributed by atoms with E-state index in [1.165, 1.54) is 6.20 Å². The van der Waals surface area contributed by atoms with Gasteiger partial charge < -0.3 is 5.73 Å². The Hall–Kier alpha value is -1.68. The second-order valence-electron chi connectivity index (χ2n) is 2.79. The molecule has 0 unspecified atom stereocenters. The summed E-state index contributed by atoms with van der Waals surface area (Å²) in [5.74, 6) is 0.241. The average molecular weight is 208 g/mol. The van der Waals surface area contributed by atoms with Crippen molar-refractivity contribution in [2.45, 2.75) is 0 Å². The number of nitrogens with zero attached hydrogens (tertiary/aromatic N) is 2. The molecule has 0 spiro atoms. The molecule has 5 heteroatoms. The van der Waals surface area contributed by atoms with Gasteiger partial charge in [0.1, 0.15) is 5.82 Å². The summed E-state index contributed by atoms with van der Waals surface area (Å²) in [4.78, 5) is 18.4. The quantitative estimate of drug-likeness (QED) is 0.723. The number of aldehydes is 1. The average Bonchev–Trinajstić information content (AvgIpc) is 2.19. The Kier molecular flexibility index (Phi) is 2.05. The molecular weight excluding hydrogens is 202 g/mol. The Morgan fingerprint density at radius 2 is 2.21 bits per heavy atom. The Labute approximate surface area is 84.7 Å². The minimum absolute atomic E-state index is 0.241. The first-order chi connectivity index (χ1) is 6.70. The molecule has 70 valence electrons. The maximum Gasteiger partial charge on any atom is 0.161 e. The van der Waals surface area contributed by atoms with Gasteiger partial charge in [-0.2, -0.15) is 0 Å². The van der Waals surface area contributed by atoms with E-state index in [0.29, 0.717) is 21.6 Å². The normalized spacial score (nSPS) is 10.4. The molecule has 0 aliphatic heterocycles. The molecular formula is C9H6ClN3O. The fraction of sp³-hybridized carbons (Fsp3) is 0. The van der Waals surface area contributed by atoms with E-state index in [-0.39, 0.29) is 5.82 Å². The van der Waals surface area contributed by atoms with Gasteiger partial charge >= 0.3 is 0 Å². The van der Waals surface area contributed by atoms with Crippen molar-refractivity contribution < 1.29 is 4.79 Å². The van der Waals surface area contributed by atoms with Crippen LogP contribution >= 0.6 is 11.6 Å². The van der Waals surface area contributed by atoms with Crippen molar-refractivity contribution in [3.05, 3.63) is 28.9 Å². The molecule has 0 aromatic carbocycles. The highest BCUT2D eigenvalue weighted by atomic mass is 35.5. The van der Waals surface area contributed by atoms with E-state index >= 15 is 0 Å². The lowest BCUT2D eigenvalue weighted by atomic mass is 10.2. The zero-order valence-corrected chi connectivity index (χ0v) is 7.82. The fourth-order valence-corrected chi connectivity index (χ4v) is 1.29. The Balaban J connectivity index is 2.76. The first kappa shape index (κ1) is 8.90. The van der Waals surface area contributed by atoms with Crippen LogP contribution in [0, 0.1) is 0 Å². The second-order valence-corrected chi connectivity index (χ2v) is 3.20. The number of nitrogen functional groups attached to an aromatic ring is 1. The molecule has 0 saturated heterocycles. The van der Waals surface area contributed by atoms with Gasteiger partial charge in [0.25, 0.3) is 0 Å². The van der Waals surface area contributed by atoms with Gasteiger partial charge in [-0.25, -0.2) is 9.97 Å². The number of anilines is 1. The van der Waals surface area contributed by atoms with Gasteiger partial charge in [-0.1, -0.05) is 11.6 Å². The highest BCUT2D eigenvalue weighted by Crippen LogP contribution is 2.21. The molecule has 4 nitrogen and oxygen atoms in total. The number of carbonyl (C=O) groups is 1. The van der Waals surface area contributed by atoms with Crippen LogP contribution in [0.4, 0.5) is 5.82 Å². The topological polar surface area (TPSA) is 68.9 Å². The van der Waals surface area contributed by atoms with Crippen molar-refractivity contribution in [1.29, 1.82) is 0 Å². The summed E-state index contributed by atoms with van der Waals surface area (Å²) in [6.07, 6.45) is 2.16. The summed E-state index contributed by atoms with van der Waals surface area (Å²) in [6, 6.07) is 3.30. The third-order valence-corrected chi connectivity index (χ3v) is 2.11. The number of carbonyl (C=O) groups excluding carboxylic acids is 1. The summed E-state index contributed by atoms with van der Waals surface area (Å²) < 4.78 is 0. The number of hydrogen-bond donors (Lipinski definition) is 1. The SMILES string of the molecule is Nc1nc2ncc(C=O)cc2cc1Cl. The van der Waals surface area contributed by atoms with Gasteiger partial charge in [-0.05, 0) is 12.1 Å². The van der Waals surface area contributed by atoms with Crippen LogP contribution in [0.5, 0.6) is 0 Å². The predicted octanol–water partition coefficient (Wildman–Crippen LogP) is 1.68. The second kappa shape index (κ2) is 3.23. The van der Waals surface area contributed by atoms with Crippen LogP contribution in [-0.4, -0.2) is 16.3 Å². The van der Waals surface area contributed by atoms with E-state index in [4.69, 9.17) is 17.3 Å². The number of halogens is 1. The van der Waals surface area contributed by atoms with Crippen molar-refractivity contribution in [3.8, 4) is 0 Å². The predicted molar refractivity (Wildman–Crippen MR) is 54.3 cm³/mol. The molecule has 2 rings (SSSR count). The van der Waals surface area contributed by atoms with Gasteiger partial charge in [0, 0.05) is 17.1 Å². The number of fused-ring (bicyclic) bond motifs is 1. The Morgan fingerprint density at radius 3 is 2.93 bits per heavy atom. The smallest absolute Gasteiger partial charge is 0.161 e. The molecule has 0 fully saturated rings. The zero-order chi connectivity index (χ0) is 10.1. The molecule has 0 bridgehead atoms. The van der Waals surface area contributed by atoms with Crippen molar-refractivity contribution in [3.63, 3.8) is 0 Å². The largest absolute Gasteiger partial charge is 0.382 e. The molecule has 0 aliphatic carbocycles. The maximum absolute atomic E-state index is 10.5. The van der Waals surface area contributed by atoms with E-state index in [1.54, 1.807) is 12.1 Å². The summed E-state index contributed by atoms with van der Waals surface area (Å²) in [5, 5.41) is 1.07. The molecule has 2 aromatic rings. The van der Waals surface area contributed by atoms with Crippen LogP contribution in [0.15, 0.2) is 18.3 Å². The standard InChI is InChI=1S/C9H6ClN3O/c10-7-2-6-1-5(4-14)3-12-9(6)13-8(7)11/h1-4H,(H2,11,12,13). The number of pyridine rings is 2. The molecule has 0 atom stereocenters. The van der Waals surface area contributed by atoms with E-state index in [0.717, 1.165) is 6.29 Å². The van der Waals surface area contributed by atoms with Gasteiger partial charge in [-0.3, -0.25) is 4.79 Å². The molecule has 2 aromatic heterocycles. The van der Waals surface area contributed by atoms with E-state index in [2.05, 4.69) is 9.97 Å². The molecule has 0 aliphatic rings. The number of hydrogen-bond acceptors (Lipinski definition) is 4. The van der Waals surface area contributed by atoms with Crippen LogP contribution in [0.1, 0.15) is 10.4 Å². The van der Waals surface area contributed by atoms with Gasteiger partial charge in [0.2, 0.25) is 0 Å². The van der Waals surface area contributed by atoms with Crippen LogP contribution in [-0.2, 0) is 0 Å². The van der Waals surface area contributed by atoms with Gasteiger partial charge in [0.05, 0.1) is 5.02 Å². The van der Waals surface area contributed by atoms with E-state index in [9.17, 15) is 4.79 Å². The molecule has 0 radical (unpaired) electrons. The first-order valence-electron chi connectivity index (χ1n) is 3.87. The van der Waals surface area contributed by atoms with E-state index in [1.807, 2.05) is 0 Å². The number of aromatic nitrogens is 2. The molecule has 0 saturated carbocycles. The van der Waals surface area contributed by atoms with E-state index < -0.39 is 0 Å². The lowest BCUT2D eigenvalue weighted by Crippen LogP contribution is -1.94. The lowest BCUT2D eigenvalue weighted by Gasteiger charge is -2.00. The Bertz CT molecular complexity index is 513. The van der Waals surface area contributed by atoms with Crippen LogP contribution in [0.25, 0.3) is 11.0 Å². The van der Waals surface area contributed by atoms with Crippen molar-refractivity contribution in [2.75, 3.05) is 5.73 Å². The van der Waals surface area contributed by atoms with Crippen LogP contribution in [0.3, 0.4) is 0 Å². The maximum atomic E-state index is 10.5. The number of rotatable bonds is 1. The van der Waals surface area contributed by atoms with Crippen LogP contribution < -0.4 is 5.73 Å². The third-order valence-electron chi connectivity index (χ3n) is 1.81. The van der Waals surface area contributed by atoms with Crippen molar-refractivity contribution >= 4 is 34.7 Å². The molecule has 2 N–H and O–H groups in total.